The van der Waals surface area contributed by atoms with Crippen LogP contribution in [0.1, 0.15) is 0 Å². The van der Waals surface area contributed by atoms with Gasteiger partial charge in [0, 0.05) is 0 Å². The van der Waals surface area contributed by atoms with E-state index in [4.69, 9.17) is 14.9 Å². The van der Waals surface area contributed by atoms with Crippen LogP contribution in [-0.2, 0) is 13.8 Å². The molecule has 9 nitrogen and oxygen atoms in total. The van der Waals surface area contributed by atoms with Crippen molar-refractivity contribution in [1.29, 1.82) is 0 Å². The fourth-order valence-corrected chi connectivity index (χ4v) is 1.70. The summed E-state index contributed by atoms with van der Waals surface area (Å²) in [6, 6.07) is 0. The summed E-state index contributed by atoms with van der Waals surface area (Å²) >= 11 is 0. The minimum absolute atomic E-state index is 0. The van der Waals surface area contributed by atoms with Gasteiger partial charge in [0.2, 0.25) is 0 Å². The predicted octanol–water partition coefficient (Wildman–Crippen LogP) is -10.4. The predicted molar refractivity (Wildman–Crippen MR) is 42.5 cm³/mol. The Balaban J connectivity index is 0. The first-order valence-electron chi connectivity index (χ1n) is 4.26. The van der Waals surface area contributed by atoms with Crippen molar-refractivity contribution in [2.24, 2.45) is 0 Å². The van der Waals surface area contributed by atoms with Crippen molar-refractivity contribution in [3.05, 3.63) is 0 Å². The van der Waals surface area contributed by atoms with Crippen molar-refractivity contribution in [3.8, 4) is 0 Å². The van der Waals surface area contributed by atoms with E-state index in [-0.39, 0.29) is 59.1 Å². The summed E-state index contributed by atoms with van der Waals surface area (Å²) in [4.78, 5) is 16.9. The van der Waals surface area contributed by atoms with Gasteiger partial charge in [-0.2, -0.15) is 0 Å². The zero-order valence-electron chi connectivity index (χ0n) is 9.87. The number of ether oxygens (including phenoxy) is 1. The van der Waals surface area contributed by atoms with Crippen LogP contribution in [0.25, 0.3) is 0 Å². The van der Waals surface area contributed by atoms with Crippen molar-refractivity contribution in [1.82, 2.24) is 0 Å². The molecule has 5 atom stereocenters. The molecule has 1 aliphatic rings. The molecule has 1 saturated heterocycles. The summed E-state index contributed by atoms with van der Waals surface area (Å²) in [5.41, 5.74) is 0. The summed E-state index contributed by atoms with van der Waals surface area (Å²) in [6.07, 6.45) is -9.43. The van der Waals surface area contributed by atoms with Gasteiger partial charge in [0.05, 0.1) is 12.7 Å². The Morgan fingerprint density at radius 3 is 2.11 bits per heavy atom. The molecule has 0 aromatic heterocycles. The van der Waals surface area contributed by atoms with Crippen molar-refractivity contribution in [2.75, 3.05) is 6.61 Å². The third-order valence-electron chi connectivity index (χ3n) is 2.04. The Morgan fingerprint density at radius 1 is 1.22 bits per heavy atom. The molecular weight excluding hydrogens is 293 g/mol. The van der Waals surface area contributed by atoms with E-state index in [0.29, 0.717) is 0 Å². The minimum atomic E-state index is -4.98. The zero-order chi connectivity index (χ0) is 12.5. The minimum Gasteiger partial charge on any atom is -0.851 e. The standard InChI is InChI=1S/C6H11O9P.2Na/c7-1-2-3(8)4(9)5(10)6(14-2)15-16(11,12)13;;/h2-8H,1H2,(H2,11,12,13);;/q-2;2*+1/t2-,3-,4+,5-,6+;;/m1../s1. The molecule has 0 unspecified atom stereocenters. The third-order valence-corrected chi connectivity index (χ3v) is 2.52. The van der Waals surface area contributed by atoms with E-state index in [1.54, 1.807) is 0 Å². The maximum atomic E-state index is 11.2. The molecule has 0 amide bonds. The van der Waals surface area contributed by atoms with Crippen molar-refractivity contribution >= 4 is 7.82 Å². The van der Waals surface area contributed by atoms with E-state index in [2.05, 4.69) is 9.26 Å². The molecule has 4 N–H and O–H groups in total. The maximum Gasteiger partial charge on any atom is 1.00 e. The van der Waals surface area contributed by atoms with Gasteiger partial charge in [-0.15, -0.1) is 6.10 Å². The molecule has 96 valence electrons. The molecule has 1 rings (SSSR count). The van der Waals surface area contributed by atoms with Crippen molar-refractivity contribution in [3.63, 3.8) is 0 Å². The second-order valence-corrected chi connectivity index (χ2v) is 4.43. The summed E-state index contributed by atoms with van der Waals surface area (Å²) in [6.45, 7) is -0.770. The molecule has 0 aliphatic carbocycles. The Kier molecular flexibility index (Phi) is 11.1. The van der Waals surface area contributed by atoms with Crippen LogP contribution in [0.15, 0.2) is 0 Å². The van der Waals surface area contributed by atoms with Crippen LogP contribution in [0.5, 0.6) is 0 Å². The van der Waals surface area contributed by atoms with Gasteiger partial charge in [0.15, 0.2) is 6.29 Å². The van der Waals surface area contributed by atoms with Gasteiger partial charge >= 0.3 is 66.9 Å². The van der Waals surface area contributed by atoms with E-state index in [9.17, 15) is 19.9 Å². The van der Waals surface area contributed by atoms with Crippen molar-refractivity contribution in [2.45, 2.75) is 30.7 Å². The normalized spacial score (nSPS) is 36.4. The Labute approximate surface area is 147 Å². The fraction of sp³-hybridized carbons (Fsp3) is 1.00. The van der Waals surface area contributed by atoms with E-state index in [1.807, 2.05) is 0 Å². The number of aliphatic hydroxyl groups is 2. The first kappa shape index (κ1) is 22.2. The van der Waals surface area contributed by atoms with Crippen LogP contribution >= 0.6 is 7.82 Å². The van der Waals surface area contributed by atoms with Gasteiger partial charge < -0.3 is 34.9 Å². The molecule has 0 saturated carbocycles. The van der Waals surface area contributed by atoms with Crippen LogP contribution in [0.2, 0.25) is 0 Å². The van der Waals surface area contributed by atoms with Crippen LogP contribution in [-0.4, -0.2) is 57.3 Å². The SMILES string of the molecule is O=P(O)(O)O[C@@H]1O[C@H](CO)[C@@H](O)[C@H]([O-])[C@H]1[O-].[Na+].[Na+]. The quantitative estimate of drug-likeness (QED) is 0.293. The average Bonchev–Trinajstić information content (AvgIpc) is 2.17. The third kappa shape index (κ3) is 6.13. The van der Waals surface area contributed by atoms with Gasteiger partial charge in [-0.1, -0.05) is 6.10 Å². The van der Waals surface area contributed by atoms with Crippen LogP contribution in [0.3, 0.4) is 0 Å². The largest absolute Gasteiger partial charge is 1.00 e. The molecule has 12 heteroatoms. The summed E-state index contributed by atoms with van der Waals surface area (Å²) < 4.78 is 19.0. The van der Waals surface area contributed by atoms with Crippen molar-refractivity contribution < 1.29 is 103 Å². The summed E-state index contributed by atoms with van der Waals surface area (Å²) in [7, 11) is -4.98. The molecule has 0 spiro atoms. The van der Waals surface area contributed by atoms with E-state index >= 15 is 0 Å². The Morgan fingerprint density at radius 2 is 1.72 bits per heavy atom. The molecule has 1 fully saturated rings. The van der Waals surface area contributed by atoms with Crippen LogP contribution in [0.4, 0.5) is 0 Å². The zero-order valence-corrected chi connectivity index (χ0v) is 14.8. The first-order valence-corrected chi connectivity index (χ1v) is 5.79. The number of aliphatic hydroxyl groups excluding tert-OH is 2. The summed E-state index contributed by atoms with van der Waals surface area (Å²) in [5, 5.41) is 40.3. The molecule has 18 heavy (non-hydrogen) atoms. The van der Waals surface area contributed by atoms with Gasteiger partial charge in [-0.3, -0.25) is 4.52 Å². The Hall–Kier alpha value is 1.91. The first-order chi connectivity index (χ1) is 7.26. The van der Waals surface area contributed by atoms with Gasteiger partial charge in [-0.25, -0.2) is 4.57 Å². The average molecular weight is 304 g/mol. The molecule has 1 aliphatic heterocycles. The van der Waals surface area contributed by atoms with E-state index in [0.717, 1.165) is 0 Å². The monoisotopic (exact) mass is 304 g/mol. The van der Waals surface area contributed by atoms with Crippen LogP contribution in [0, 0.1) is 0 Å². The van der Waals surface area contributed by atoms with E-state index in [1.165, 1.54) is 0 Å². The molecule has 1 heterocycles. The second kappa shape index (κ2) is 9.04. The van der Waals surface area contributed by atoms with Gasteiger partial charge in [0.25, 0.3) is 0 Å². The number of hydrogen-bond donors (Lipinski definition) is 4. The molecule has 0 aromatic carbocycles. The number of phosphoric ester groups is 1. The maximum absolute atomic E-state index is 11.2. The van der Waals surface area contributed by atoms with E-state index < -0.39 is 45.1 Å². The summed E-state index contributed by atoms with van der Waals surface area (Å²) in [5.74, 6) is 0. The fourth-order valence-electron chi connectivity index (χ4n) is 1.26. The molecule has 0 bridgehead atoms. The molecule has 0 aromatic rings. The van der Waals surface area contributed by atoms with Gasteiger partial charge in [-0.05, 0) is 0 Å². The smallest absolute Gasteiger partial charge is 0.851 e. The Bertz CT molecular complexity index is 284. The number of phosphoric acid groups is 1. The second-order valence-electron chi connectivity index (χ2n) is 3.24. The van der Waals surface area contributed by atoms with Crippen LogP contribution < -0.4 is 69.3 Å². The topological polar surface area (TPSA) is 163 Å². The molecule has 0 radical (unpaired) electrons. The molecular formula is C6H11Na2O9P. The number of rotatable bonds is 3. The van der Waals surface area contributed by atoms with Gasteiger partial charge in [0.1, 0.15) is 6.10 Å². The number of hydrogen-bond acceptors (Lipinski definition) is 7.